The Balaban J connectivity index is 0.000000247. The molecule has 23 heteroatoms. The third-order valence-electron chi connectivity index (χ3n) is 22.5. The summed E-state index contributed by atoms with van der Waals surface area (Å²) in [7, 11) is 0. The van der Waals surface area contributed by atoms with Crippen molar-refractivity contribution < 1.29 is 75.0 Å². The van der Waals surface area contributed by atoms with Gasteiger partial charge in [0.1, 0.15) is 5.78 Å². The van der Waals surface area contributed by atoms with Gasteiger partial charge in [-0.15, -0.1) is 15.3 Å². The van der Waals surface area contributed by atoms with Gasteiger partial charge in [0.25, 0.3) is 0 Å². The number of nitrogens with one attached hydrogen (secondary N) is 3. The van der Waals surface area contributed by atoms with Crippen LogP contribution in [0.2, 0.25) is 0 Å². The van der Waals surface area contributed by atoms with Crippen molar-refractivity contribution in [3.05, 3.63) is 88.8 Å². The van der Waals surface area contributed by atoms with E-state index >= 15 is 0 Å². The predicted octanol–water partition coefficient (Wildman–Crippen LogP) is 14.7. The van der Waals surface area contributed by atoms with E-state index in [0.29, 0.717) is 111 Å². The van der Waals surface area contributed by atoms with Crippen molar-refractivity contribution >= 4 is 83.2 Å². The van der Waals surface area contributed by atoms with Crippen molar-refractivity contribution in [3.63, 3.8) is 0 Å². The Hall–Kier alpha value is -6.46. The topological polar surface area (TPSA) is 274 Å². The first kappa shape index (κ1) is 86.8. The third-order valence-corrected chi connectivity index (χ3v) is 22.5. The van der Waals surface area contributed by atoms with E-state index in [1.165, 1.54) is 97.2 Å². The zero-order chi connectivity index (χ0) is 72.9. The van der Waals surface area contributed by atoms with Gasteiger partial charge in [0.15, 0.2) is 0 Å². The summed E-state index contributed by atoms with van der Waals surface area (Å²) in [6, 6.07) is 7.74. The number of carbonyl (C=O) groups excluding carboxylic acids is 3. The Morgan fingerprint density at radius 1 is 0.481 bits per heavy atom. The van der Waals surface area contributed by atoms with E-state index in [4.69, 9.17) is 24.8 Å². The molecular formula is C83H125BN12NaO9. The van der Waals surface area contributed by atoms with Gasteiger partial charge in [-0.25, -0.2) is 28.5 Å². The monoisotopic (exact) mass is 1470 g/mol. The molecule has 3 unspecified atom stereocenters. The number of hydrogen-bond acceptors (Lipinski definition) is 17. The number of ketones is 1. The second-order valence-corrected chi connectivity index (χ2v) is 30.5. The number of anilines is 3. The number of carboxylic acid groups (broad SMARTS) is 1. The van der Waals surface area contributed by atoms with E-state index in [-0.39, 0.29) is 88.7 Å². The molecule has 106 heavy (non-hydrogen) atoms. The second kappa shape index (κ2) is 43.1. The van der Waals surface area contributed by atoms with Crippen LogP contribution in [0, 0.1) is 17.8 Å². The molecule has 0 bridgehead atoms. The van der Waals surface area contributed by atoms with Gasteiger partial charge in [-0.2, -0.15) is 0 Å². The quantitative estimate of drug-likeness (QED) is 0.0145. The fourth-order valence-electron chi connectivity index (χ4n) is 16.3. The molecule has 6 aliphatic carbocycles. The van der Waals surface area contributed by atoms with E-state index in [1.54, 1.807) is 0 Å². The number of rotatable bonds is 29. The van der Waals surface area contributed by atoms with Crippen LogP contribution >= 0.6 is 0 Å². The summed E-state index contributed by atoms with van der Waals surface area (Å²) < 4.78 is 16.7. The molecule has 575 valence electrons. The molecule has 6 atom stereocenters. The number of hydrogen-bond donors (Lipinski definition) is 6. The van der Waals surface area contributed by atoms with E-state index < -0.39 is 5.97 Å². The molecule has 6 heterocycles. The van der Waals surface area contributed by atoms with Crippen molar-refractivity contribution in [2.75, 3.05) is 29.2 Å². The van der Waals surface area contributed by atoms with Crippen LogP contribution in [0.5, 0.6) is 0 Å². The summed E-state index contributed by atoms with van der Waals surface area (Å²) >= 11 is 0. The van der Waals surface area contributed by atoms with E-state index in [9.17, 15) is 34.5 Å². The fourth-order valence-corrected chi connectivity index (χ4v) is 16.3. The predicted molar refractivity (Wildman–Crippen MR) is 422 cm³/mol. The number of Topliss-reactive ketones (excluding diaryl/α,β-unsaturated/α-hetero) is 1. The van der Waals surface area contributed by atoms with Gasteiger partial charge in [0.2, 0.25) is 17.8 Å². The Kier molecular flexibility index (Phi) is 35.3. The minimum Gasteiger partial charge on any atom is -1.00 e. The number of unbranched alkanes of at least 4 members (excludes halogenated alkanes) is 6. The SMILES string of the molecule is C.CCCCC[C@H](C)Nc1ncc2c(C3=CCC(C(=O)O)CC3)cc(C3CCC(O)CC3)n2n1.CCCCC[C@H](C)Nc1ncc2c(C3=CCC(C(=O)OCC)CC3)cc(C3CCC(=O)CC3)n2n1.CCCCC[C@H](C)Nc1ncc2c(C3=CCC(C(=O)OCC)CC3)cc(C3CCC(O)CC3)n2n1.[B].[H-].[Na+]. The molecule has 6 N–H and O–H groups in total. The largest absolute Gasteiger partial charge is 1.00 e. The number of aromatic nitrogens is 9. The summed E-state index contributed by atoms with van der Waals surface area (Å²) in [4.78, 5) is 61.6. The number of aliphatic carboxylic acids is 1. The minimum atomic E-state index is -0.708. The minimum absolute atomic E-state index is 0. The zero-order valence-corrected chi connectivity index (χ0v) is 66.7. The molecule has 0 aromatic carbocycles. The molecule has 6 aliphatic rings. The molecule has 0 aliphatic heterocycles. The van der Waals surface area contributed by atoms with Crippen LogP contribution < -0.4 is 45.5 Å². The molecule has 6 aromatic rings. The van der Waals surface area contributed by atoms with Crippen LogP contribution in [0.4, 0.5) is 17.8 Å². The smallest absolute Gasteiger partial charge is 1.00 e. The summed E-state index contributed by atoms with van der Waals surface area (Å²) in [5.41, 5.74) is 13.7. The second-order valence-electron chi connectivity index (χ2n) is 30.5. The van der Waals surface area contributed by atoms with Crippen LogP contribution in [-0.2, 0) is 28.7 Å². The van der Waals surface area contributed by atoms with E-state index in [0.717, 1.165) is 143 Å². The van der Waals surface area contributed by atoms with Crippen molar-refractivity contribution in [2.24, 2.45) is 17.8 Å². The number of carbonyl (C=O) groups is 4. The summed E-state index contributed by atoms with van der Waals surface area (Å²) in [5, 5.41) is 54.6. The van der Waals surface area contributed by atoms with Gasteiger partial charge in [-0.1, -0.05) is 104 Å². The van der Waals surface area contributed by atoms with Gasteiger partial charge in [-0.3, -0.25) is 19.2 Å². The third kappa shape index (κ3) is 23.3. The maximum Gasteiger partial charge on any atom is 1.00 e. The summed E-state index contributed by atoms with van der Waals surface area (Å²) in [6.45, 7) is 17.8. The van der Waals surface area contributed by atoms with Crippen molar-refractivity contribution in [3.8, 4) is 0 Å². The summed E-state index contributed by atoms with van der Waals surface area (Å²) in [5.74, 6) is 2.09. The number of aliphatic hydroxyl groups excluding tert-OH is 2. The molecule has 3 radical (unpaired) electrons. The number of nitrogens with zero attached hydrogens (tertiary/aromatic N) is 9. The molecule has 6 aromatic heterocycles. The van der Waals surface area contributed by atoms with Crippen LogP contribution in [0.3, 0.4) is 0 Å². The van der Waals surface area contributed by atoms with Crippen molar-refractivity contribution in [1.82, 2.24) is 43.8 Å². The molecule has 0 amide bonds. The van der Waals surface area contributed by atoms with Gasteiger partial charge in [0, 0.05) is 90.9 Å². The Morgan fingerprint density at radius 2 is 0.792 bits per heavy atom. The normalized spacial score (nSPS) is 22.0. The van der Waals surface area contributed by atoms with Crippen LogP contribution in [0.25, 0.3) is 33.3 Å². The molecular weight excluding hydrogens is 1340 g/mol. The van der Waals surface area contributed by atoms with E-state index in [2.05, 4.69) is 122 Å². The Bertz CT molecular complexity index is 3880. The van der Waals surface area contributed by atoms with Crippen molar-refractivity contribution in [2.45, 2.75) is 323 Å². The number of esters is 2. The molecule has 0 spiro atoms. The average molecular weight is 1470 g/mol. The molecule has 12 rings (SSSR count). The molecule has 3 saturated carbocycles. The van der Waals surface area contributed by atoms with E-state index in [1.807, 2.05) is 32.4 Å². The van der Waals surface area contributed by atoms with Crippen LogP contribution in [-0.4, -0.2) is 135 Å². The maximum absolute atomic E-state index is 12.2. The zero-order valence-electron chi connectivity index (χ0n) is 65.7. The first-order valence-corrected chi connectivity index (χ1v) is 39.9. The average Bonchev–Trinajstić information content (AvgIpc) is 1.63. The standard InChI is InChI=1S/C28H42N4O3.C28H40N4O3.C26H38N4O3.CH4.B.Na.H/c2*1-4-6-7-8-19(3)30-28-29-18-26-24(20-9-11-22(12-10-20)27(34)35-5-2)17-25(32(26)31-28)21-13-15-23(33)16-14-21;1-3-4-5-6-17(2)28-26-27-16-24-22(18-7-9-20(10-8-18)25(32)33)15-23(30(24)29-26)19-11-13-21(31)14-12-19;;;;/h9,17-19,21-23,33H,4-8,10-16H2,1-3H3,(H,30,31);9,17-19,21-22H,4-8,10-16H2,1-3H3,(H,30,31);7,15-17,19-21,31H,3-6,8-14H2,1-2H3,(H,28,29)(H,32,33);1H4;;;/q;;;;;+1;-1/t19-,21?,22?,23?;19-,22?;17-,19?,20?,21?;;;;/m000..../s1. The van der Waals surface area contributed by atoms with Crippen molar-refractivity contribution in [1.29, 1.82) is 0 Å². The Morgan fingerprint density at radius 3 is 1.08 bits per heavy atom. The first-order valence-electron chi connectivity index (χ1n) is 39.9. The molecule has 21 nitrogen and oxygen atoms in total. The van der Waals surface area contributed by atoms with Gasteiger partial charge in [-0.05, 0) is 211 Å². The summed E-state index contributed by atoms with van der Waals surface area (Å²) in [6.07, 6.45) is 43.0. The van der Waals surface area contributed by atoms with Gasteiger partial charge >= 0.3 is 47.5 Å². The molecule has 0 saturated heterocycles. The van der Waals surface area contributed by atoms with Gasteiger partial charge < -0.3 is 42.2 Å². The van der Waals surface area contributed by atoms with Crippen LogP contribution in [0.1, 0.15) is 328 Å². The maximum atomic E-state index is 12.2. The van der Waals surface area contributed by atoms with Crippen LogP contribution in [0.15, 0.2) is 55.0 Å². The number of allylic oxidation sites excluding steroid dienone is 6. The number of ether oxygens (including phenoxy) is 2. The Labute approximate surface area is 656 Å². The first-order chi connectivity index (χ1) is 49.9. The molecule has 3 fully saturated rings. The van der Waals surface area contributed by atoms with Gasteiger partial charge in [0.05, 0.1) is 78.3 Å². The number of carboxylic acids is 1. The number of fused-ring (bicyclic) bond motifs is 3. The number of aliphatic hydroxyl groups is 2. The fraction of sp³-hybridized carbons (Fsp3) is 0.663.